The smallest absolute Gasteiger partial charge is 0.319 e. The van der Waals surface area contributed by atoms with Crippen LogP contribution in [0.5, 0.6) is 0 Å². The van der Waals surface area contributed by atoms with Crippen LogP contribution in [0.3, 0.4) is 0 Å². The Balaban J connectivity index is 1.89. The molecule has 6 nitrogen and oxygen atoms in total. The van der Waals surface area contributed by atoms with E-state index in [2.05, 4.69) is 25.2 Å². The monoisotopic (exact) mass is 295 g/mol. The number of aromatic nitrogens is 3. The summed E-state index contributed by atoms with van der Waals surface area (Å²) in [4.78, 5) is 16.1. The first kappa shape index (κ1) is 14.3. The van der Waals surface area contributed by atoms with Crippen molar-refractivity contribution in [2.24, 2.45) is 0 Å². The van der Waals surface area contributed by atoms with Gasteiger partial charge in [0.1, 0.15) is 0 Å². The molecule has 0 aromatic carbocycles. The van der Waals surface area contributed by atoms with Gasteiger partial charge in [-0.05, 0) is 29.6 Å². The summed E-state index contributed by atoms with van der Waals surface area (Å²) in [5, 5.41) is 9.30. The molecule has 0 saturated carbocycles. The van der Waals surface area contributed by atoms with Crippen LogP contribution in [0.25, 0.3) is 0 Å². The minimum Gasteiger partial charge on any atom is -0.333 e. The molecule has 106 valence electrons. The molecule has 0 spiro atoms. The zero-order valence-electron chi connectivity index (χ0n) is 11.1. The number of rotatable bonds is 4. The number of amides is 2. The Morgan fingerprint density at radius 2 is 2.25 bits per heavy atom. The Morgan fingerprint density at radius 1 is 1.45 bits per heavy atom. The maximum absolute atomic E-state index is 12.6. The van der Waals surface area contributed by atoms with Crippen molar-refractivity contribution in [3.63, 3.8) is 0 Å². The van der Waals surface area contributed by atoms with Gasteiger partial charge in [-0.2, -0.15) is 4.39 Å². The van der Waals surface area contributed by atoms with Gasteiger partial charge in [-0.25, -0.2) is 9.78 Å². The normalized spacial score (nSPS) is 10.6. The van der Waals surface area contributed by atoms with Crippen LogP contribution in [0.2, 0.25) is 0 Å². The molecule has 2 N–H and O–H groups in total. The molecule has 0 unspecified atom stereocenters. The molecule has 0 radical (unpaired) electrons. The second kappa shape index (κ2) is 6.38. The quantitative estimate of drug-likeness (QED) is 0.849. The summed E-state index contributed by atoms with van der Waals surface area (Å²) in [5.41, 5.74) is 1.31. The second-order valence-electron chi connectivity index (χ2n) is 4.41. The molecule has 2 aromatic rings. The fraction of sp³-hybridized carbons (Fsp3) is 0.333. The van der Waals surface area contributed by atoms with Crippen LogP contribution in [0, 0.1) is 5.95 Å². The molecule has 2 amide bonds. The lowest BCUT2D eigenvalue weighted by molar-refractivity contribution is 0.252. The van der Waals surface area contributed by atoms with Gasteiger partial charge in [0.25, 0.3) is 0 Å². The van der Waals surface area contributed by atoms with Gasteiger partial charge in [-0.3, -0.25) is 0 Å². The van der Waals surface area contributed by atoms with E-state index in [1.54, 1.807) is 0 Å². The SMILES string of the molecule is CC(C)c1nnsc1CNC(=O)Nc1ccc(F)nc1. The third kappa shape index (κ3) is 3.70. The average Bonchev–Trinajstić information content (AvgIpc) is 2.88. The van der Waals surface area contributed by atoms with Gasteiger partial charge < -0.3 is 10.6 Å². The largest absolute Gasteiger partial charge is 0.333 e. The highest BCUT2D eigenvalue weighted by Crippen LogP contribution is 2.19. The Hall–Kier alpha value is -2.09. The Morgan fingerprint density at radius 3 is 2.90 bits per heavy atom. The van der Waals surface area contributed by atoms with Crippen molar-refractivity contribution in [3.8, 4) is 0 Å². The van der Waals surface area contributed by atoms with Crippen LogP contribution in [-0.2, 0) is 6.54 Å². The maximum Gasteiger partial charge on any atom is 0.319 e. The van der Waals surface area contributed by atoms with Gasteiger partial charge in [-0.1, -0.05) is 18.3 Å². The lowest BCUT2D eigenvalue weighted by Gasteiger charge is -2.07. The summed E-state index contributed by atoms with van der Waals surface area (Å²) in [6.07, 6.45) is 1.25. The standard InChI is InChI=1S/C12H14FN5OS/c1-7(2)11-9(20-18-17-11)6-15-12(19)16-8-3-4-10(13)14-5-8/h3-5,7H,6H2,1-2H3,(H2,15,16,19). The summed E-state index contributed by atoms with van der Waals surface area (Å²) >= 11 is 1.26. The van der Waals surface area contributed by atoms with E-state index in [9.17, 15) is 9.18 Å². The van der Waals surface area contributed by atoms with Crippen LogP contribution < -0.4 is 10.6 Å². The van der Waals surface area contributed by atoms with E-state index < -0.39 is 5.95 Å². The molecule has 2 rings (SSSR count). The maximum atomic E-state index is 12.6. The van der Waals surface area contributed by atoms with Gasteiger partial charge in [0.05, 0.1) is 29.0 Å². The van der Waals surface area contributed by atoms with Crippen molar-refractivity contribution in [2.45, 2.75) is 26.3 Å². The van der Waals surface area contributed by atoms with Crippen molar-refractivity contribution in [1.82, 2.24) is 19.9 Å². The van der Waals surface area contributed by atoms with E-state index in [0.29, 0.717) is 12.2 Å². The lowest BCUT2D eigenvalue weighted by Crippen LogP contribution is -2.28. The number of carbonyl (C=O) groups excluding carboxylic acids is 1. The van der Waals surface area contributed by atoms with E-state index in [1.165, 1.54) is 29.9 Å². The predicted octanol–water partition coefficient (Wildman–Crippen LogP) is 2.52. The summed E-state index contributed by atoms with van der Waals surface area (Å²) in [6, 6.07) is 2.23. The van der Waals surface area contributed by atoms with Gasteiger partial charge in [0.15, 0.2) is 0 Å². The highest BCUT2D eigenvalue weighted by molar-refractivity contribution is 7.05. The molecule has 0 aliphatic heterocycles. The van der Waals surface area contributed by atoms with Crippen molar-refractivity contribution < 1.29 is 9.18 Å². The summed E-state index contributed by atoms with van der Waals surface area (Å²) in [6.45, 7) is 4.39. The minimum atomic E-state index is -0.590. The summed E-state index contributed by atoms with van der Waals surface area (Å²) < 4.78 is 16.5. The molecule has 2 aromatic heterocycles. The first-order valence-corrected chi connectivity index (χ1v) is 6.81. The van der Waals surface area contributed by atoms with Crippen molar-refractivity contribution in [3.05, 3.63) is 34.8 Å². The Bertz CT molecular complexity index is 584. The molecule has 0 aliphatic rings. The molecule has 2 heterocycles. The van der Waals surface area contributed by atoms with Crippen LogP contribution >= 0.6 is 11.5 Å². The Labute approximate surface area is 119 Å². The first-order valence-electron chi connectivity index (χ1n) is 6.04. The molecule has 20 heavy (non-hydrogen) atoms. The third-order valence-electron chi connectivity index (χ3n) is 2.53. The number of nitrogens with zero attached hydrogens (tertiary/aromatic N) is 3. The highest BCUT2D eigenvalue weighted by Gasteiger charge is 2.12. The number of nitrogens with one attached hydrogen (secondary N) is 2. The molecule has 0 aliphatic carbocycles. The number of hydrogen-bond donors (Lipinski definition) is 2. The van der Waals surface area contributed by atoms with Crippen LogP contribution in [0.1, 0.15) is 30.3 Å². The fourth-order valence-corrected chi connectivity index (χ4v) is 2.30. The van der Waals surface area contributed by atoms with Gasteiger partial charge >= 0.3 is 6.03 Å². The van der Waals surface area contributed by atoms with Gasteiger partial charge in [-0.15, -0.1) is 5.10 Å². The number of carbonyl (C=O) groups is 1. The summed E-state index contributed by atoms with van der Waals surface area (Å²) in [7, 11) is 0. The fourth-order valence-electron chi connectivity index (χ4n) is 1.56. The minimum absolute atomic E-state index is 0.259. The zero-order chi connectivity index (χ0) is 14.5. The molecule has 0 bridgehead atoms. The van der Waals surface area contributed by atoms with Crippen molar-refractivity contribution in [2.75, 3.05) is 5.32 Å². The van der Waals surface area contributed by atoms with E-state index >= 15 is 0 Å². The summed E-state index contributed by atoms with van der Waals surface area (Å²) in [5.74, 6) is -0.330. The lowest BCUT2D eigenvalue weighted by atomic mass is 10.1. The highest BCUT2D eigenvalue weighted by atomic mass is 32.1. The number of anilines is 1. The molecular formula is C12H14FN5OS. The first-order chi connectivity index (χ1) is 9.56. The van der Waals surface area contributed by atoms with Gasteiger partial charge in [0, 0.05) is 0 Å². The van der Waals surface area contributed by atoms with Crippen molar-refractivity contribution >= 4 is 23.3 Å². The predicted molar refractivity (Wildman–Crippen MR) is 74.1 cm³/mol. The van der Waals surface area contributed by atoms with Crippen LogP contribution in [-0.4, -0.2) is 20.6 Å². The number of pyridine rings is 1. The molecule has 0 saturated heterocycles. The number of urea groups is 1. The third-order valence-corrected chi connectivity index (χ3v) is 3.26. The molecular weight excluding hydrogens is 281 g/mol. The second-order valence-corrected chi connectivity index (χ2v) is 5.25. The van der Waals surface area contributed by atoms with E-state index in [-0.39, 0.29) is 11.9 Å². The van der Waals surface area contributed by atoms with E-state index in [4.69, 9.17) is 0 Å². The molecule has 0 atom stereocenters. The van der Waals surface area contributed by atoms with Gasteiger partial charge in [0.2, 0.25) is 5.95 Å². The zero-order valence-corrected chi connectivity index (χ0v) is 11.9. The number of halogens is 1. The molecule has 0 fully saturated rings. The van der Waals surface area contributed by atoms with E-state index in [0.717, 1.165) is 10.6 Å². The van der Waals surface area contributed by atoms with Crippen molar-refractivity contribution in [1.29, 1.82) is 0 Å². The van der Waals surface area contributed by atoms with E-state index in [1.807, 2.05) is 13.8 Å². The number of hydrogen-bond acceptors (Lipinski definition) is 5. The Kier molecular flexibility index (Phi) is 4.57. The van der Waals surface area contributed by atoms with Crippen LogP contribution in [0.15, 0.2) is 18.3 Å². The molecule has 8 heteroatoms. The van der Waals surface area contributed by atoms with Crippen LogP contribution in [0.4, 0.5) is 14.9 Å². The topological polar surface area (TPSA) is 79.8 Å². The average molecular weight is 295 g/mol.